The van der Waals surface area contributed by atoms with Crippen LogP contribution in [0, 0.1) is 5.92 Å². The molecule has 0 saturated heterocycles. The Labute approximate surface area is 148 Å². The summed E-state index contributed by atoms with van der Waals surface area (Å²) in [7, 11) is 1.50. The Bertz CT molecular complexity index is 601. The minimum atomic E-state index is -0.993. The van der Waals surface area contributed by atoms with Crippen LogP contribution in [0.5, 0.6) is 5.75 Å². The van der Waals surface area contributed by atoms with Crippen LogP contribution in [0.2, 0.25) is 0 Å². The Morgan fingerprint density at radius 1 is 1.28 bits per heavy atom. The number of hydrogen-bond donors (Lipinski definition) is 2. The van der Waals surface area contributed by atoms with Crippen LogP contribution in [0.1, 0.15) is 48.5 Å². The number of carboxylic acids is 1. The molecule has 2 unspecified atom stereocenters. The highest BCUT2D eigenvalue weighted by molar-refractivity contribution is 5.88. The normalized spacial score (nSPS) is 20.1. The summed E-state index contributed by atoms with van der Waals surface area (Å²) in [5.41, 5.74) is 1.04. The molecule has 1 fully saturated rings. The summed E-state index contributed by atoms with van der Waals surface area (Å²) in [6, 6.07) is 4.75. The SMILES string of the molecule is COc1cc(C(=O)O)ccc1CCNC(=O)COC1CCCCC1C. The van der Waals surface area contributed by atoms with Crippen LogP contribution >= 0.6 is 0 Å². The average Bonchev–Trinajstić information content (AvgIpc) is 2.61. The van der Waals surface area contributed by atoms with Gasteiger partial charge in [0, 0.05) is 6.54 Å². The summed E-state index contributed by atoms with van der Waals surface area (Å²) in [5.74, 6) is -0.0915. The molecule has 1 aromatic carbocycles. The second kappa shape index (κ2) is 9.42. The van der Waals surface area contributed by atoms with Crippen molar-refractivity contribution in [2.45, 2.75) is 45.1 Å². The van der Waals surface area contributed by atoms with E-state index >= 15 is 0 Å². The van der Waals surface area contributed by atoms with E-state index in [9.17, 15) is 9.59 Å². The van der Waals surface area contributed by atoms with E-state index in [1.165, 1.54) is 38.5 Å². The van der Waals surface area contributed by atoms with Gasteiger partial charge in [0.15, 0.2) is 0 Å². The van der Waals surface area contributed by atoms with Gasteiger partial charge in [-0.3, -0.25) is 4.79 Å². The van der Waals surface area contributed by atoms with Gasteiger partial charge in [-0.2, -0.15) is 0 Å². The standard InChI is InChI=1S/C19H27NO5/c1-13-5-3-4-6-16(13)25-12-18(21)20-10-9-14-7-8-15(19(22)23)11-17(14)24-2/h7-8,11,13,16H,3-6,9-10,12H2,1-2H3,(H,20,21)(H,22,23). The topological polar surface area (TPSA) is 84.9 Å². The molecule has 0 spiro atoms. The third-order valence-electron chi connectivity index (χ3n) is 4.71. The Hall–Kier alpha value is -2.08. The average molecular weight is 349 g/mol. The van der Waals surface area contributed by atoms with Gasteiger partial charge in [-0.05, 0) is 42.9 Å². The summed E-state index contributed by atoms with van der Waals surface area (Å²) in [6.07, 6.45) is 5.36. The smallest absolute Gasteiger partial charge is 0.335 e. The highest BCUT2D eigenvalue weighted by Gasteiger charge is 2.22. The first-order valence-corrected chi connectivity index (χ1v) is 8.79. The Morgan fingerprint density at radius 2 is 2.04 bits per heavy atom. The summed E-state index contributed by atoms with van der Waals surface area (Å²) in [4.78, 5) is 22.9. The largest absolute Gasteiger partial charge is 0.496 e. The molecular formula is C19H27NO5. The summed E-state index contributed by atoms with van der Waals surface area (Å²) < 4.78 is 11.0. The molecule has 0 aliphatic heterocycles. The molecule has 1 aromatic rings. The third-order valence-corrected chi connectivity index (χ3v) is 4.71. The summed E-state index contributed by atoms with van der Waals surface area (Å²) >= 11 is 0. The van der Waals surface area contributed by atoms with Crippen molar-refractivity contribution in [1.29, 1.82) is 0 Å². The van der Waals surface area contributed by atoms with E-state index in [0.717, 1.165) is 12.0 Å². The molecule has 0 aromatic heterocycles. The number of nitrogens with one attached hydrogen (secondary N) is 1. The van der Waals surface area contributed by atoms with E-state index in [2.05, 4.69) is 12.2 Å². The molecule has 2 N–H and O–H groups in total. The molecule has 1 aliphatic rings. The van der Waals surface area contributed by atoms with Crippen molar-refractivity contribution in [1.82, 2.24) is 5.32 Å². The lowest BCUT2D eigenvalue weighted by atomic mass is 9.88. The highest BCUT2D eigenvalue weighted by Crippen LogP contribution is 2.26. The maximum Gasteiger partial charge on any atom is 0.335 e. The van der Waals surface area contributed by atoms with E-state index in [4.69, 9.17) is 14.6 Å². The summed E-state index contributed by atoms with van der Waals surface area (Å²) in [5, 5.41) is 11.8. The van der Waals surface area contributed by atoms with Gasteiger partial charge in [0.2, 0.25) is 5.91 Å². The zero-order chi connectivity index (χ0) is 18.2. The predicted octanol–water partition coefficient (Wildman–Crippen LogP) is 2.65. The van der Waals surface area contributed by atoms with E-state index in [-0.39, 0.29) is 24.2 Å². The lowest BCUT2D eigenvalue weighted by Crippen LogP contribution is -2.34. The van der Waals surface area contributed by atoms with Crippen LogP contribution in [0.3, 0.4) is 0 Å². The number of carboxylic acid groups (broad SMARTS) is 1. The molecule has 6 heteroatoms. The quantitative estimate of drug-likeness (QED) is 0.754. The molecule has 0 heterocycles. The fourth-order valence-corrected chi connectivity index (χ4v) is 3.18. The van der Waals surface area contributed by atoms with Crippen LogP contribution < -0.4 is 10.1 Å². The number of benzene rings is 1. The molecule has 0 radical (unpaired) electrons. The number of carbonyl (C=O) groups is 2. The van der Waals surface area contributed by atoms with Crippen molar-refractivity contribution in [2.24, 2.45) is 5.92 Å². The monoisotopic (exact) mass is 349 g/mol. The molecule has 2 atom stereocenters. The predicted molar refractivity (Wildman–Crippen MR) is 94.0 cm³/mol. The Morgan fingerprint density at radius 3 is 2.72 bits per heavy atom. The first kappa shape index (κ1) is 19.2. The van der Waals surface area contributed by atoms with Gasteiger partial charge in [-0.1, -0.05) is 25.8 Å². The second-order valence-corrected chi connectivity index (χ2v) is 6.54. The van der Waals surface area contributed by atoms with E-state index in [0.29, 0.717) is 24.6 Å². The highest BCUT2D eigenvalue weighted by atomic mass is 16.5. The summed E-state index contributed by atoms with van der Waals surface area (Å²) in [6.45, 7) is 2.71. The van der Waals surface area contributed by atoms with Crippen LogP contribution in [-0.4, -0.2) is 43.3 Å². The lowest BCUT2D eigenvalue weighted by molar-refractivity contribution is -0.129. The van der Waals surface area contributed by atoms with Crippen molar-refractivity contribution < 1.29 is 24.2 Å². The Balaban J connectivity index is 1.76. The van der Waals surface area contributed by atoms with Crippen LogP contribution in [0.15, 0.2) is 18.2 Å². The maximum atomic E-state index is 11.9. The molecule has 6 nitrogen and oxygen atoms in total. The molecule has 0 bridgehead atoms. The van der Waals surface area contributed by atoms with Gasteiger partial charge in [0.05, 0.1) is 18.8 Å². The first-order chi connectivity index (χ1) is 12.0. The van der Waals surface area contributed by atoms with Crippen molar-refractivity contribution in [3.8, 4) is 5.75 Å². The molecular weight excluding hydrogens is 322 g/mol. The van der Waals surface area contributed by atoms with Crippen LogP contribution in [0.4, 0.5) is 0 Å². The van der Waals surface area contributed by atoms with Gasteiger partial charge in [-0.25, -0.2) is 4.79 Å². The maximum absolute atomic E-state index is 11.9. The number of carbonyl (C=O) groups excluding carboxylic acids is 1. The number of methoxy groups -OCH3 is 1. The van der Waals surface area contributed by atoms with Gasteiger partial charge in [0.25, 0.3) is 0 Å². The minimum Gasteiger partial charge on any atom is -0.496 e. The van der Waals surface area contributed by atoms with Crippen molar-refractivity contribution in [3.63, 3.8) is 0 Å². The van der Waals surface area contributed by atoms with Crippen LogP contribution in [-0.2, 0) is 16.0 Å². The number of hydrogen-bond acceptors (Lipinski definition) is 4. The molecule has 1 amide bonds. The van der Waals surface area contributed by atoms with Crippen LogP contribution in [0.25, 0.3) is 0 Å². The van der Waals surface area contributed by atoms with Crippen molar-refractivity contribution in [3.05, 3.63) is 29.3 Å². The fourth-order valence-electron chi connectivity index (χ4n) is 3.18. The molecule has 25 heavy (non-hydrogen) atoms. The van der Waals surface area contributed by atoms with Gasteiger partial charge in [0.1, 0.15) is 12.4 Å². The minimum absolute atomic E-state index is 0.0874. The number of rotatable bonds is 8. The number of aromatic carboxylic acids is 1. The third kappa shape index (κ3) is 5.74. The number of amides is 1. The zero-order valence-electron chi connectivity index (χ0n) is 14.9. The number of ether oxygens (including phenoxy) is 2. The molecule has 1 aliphatic carbocycles. The Kier molecular flexibility index (Phi) is 7.25. The van der Waals surface area contributed by atoms with E-state index in [1.54, 1.807) is 6.07 Å². The molecule has 2 rings (SSSR count). The van der Waals surface area contributed by atoms with Crippen molar-refractivity contribution >= 4 is 11.9 Å². The fraction of sp³-hybridized carbons (Fsp3) is 0.579. The second-order valence-electron chi connectivity index (χ2n) is 6.54. The molecule has 1 saturated carbocycles. The van der Waals surface area contributed by atoms with E-state index < -0.39 is 5.97 Å². The lowest BCUT2D eigenvalue weighted by Gasteiger charge is -2.28. The van der Waals surface area contributed by atoms with E-state index in [1.807, 2.05) is 0 Å². The van der Waals surface area contributed by atoms with Gasteiger partial charge < -0.3 is 19.9 Å². The zero-order valence-corrected chi connectivity index (χ0v) is 14.9. The first-order valence-electron chi connectivity index (χ1n) is 8.79. The van der Waals surface area contributed by atoms with Gasteiger partial charge in [-0.15, -0.1) is 0 Å². The van der Waals surface area contributed by atoms with Crippen molar-refractivity contribution in [2.75, 3.05) is 20.3 Å². The molecule has 138 valence electrons. The van der Waals surface area contributed by atoms with Gasteiger partial charge >= 0.3 is 5.97 Å².